The number of hydrogen-bond donors (Lipinski definition) is 1. The average Bonchev–Trinajstić information content (AvgIpc) is 2.70. The summed E-state index contributed by atoms with van der Waals surface area (Å²) in [5, 5.41) is 5.08. The summed E-state index contributed by atoms with van der Waals surface area (Å²) in [6, 6.07) is 21.7. The number of ketones is 1. The molecule has 3 aromatic rings. The maximum atomic E-state index is 12.5. The molecule has 28 heavy (non-hydrogen) atoms. The molecule has 1 N–H and O–H groups in total. The third-order valence-corrected chi connectivity index (χ3v) is 4.73. The van der Waals surface area contributed by atoms with Gasteiger partial charge in [0.05, 0.1) is 0 Å². The minimum atomic E-state index is -0.103. The van der Waals surface area contributed by atoms with Crippen molar-refractivity contribution in [3.63, 3.8) is 0 Å². The standard InChI is InChI=1S/C24H26N2O2/c1-26(2)17-22-10-6-5-9-21(22)16-25-24(28)14-13-23(27)20-12-11-18-7-3-4-8-19(18)15-20/h3-12,15H,13-14,16-17H2,1-2H3,(H,25,28). The summed E-state index contributed by atoms with van der Waals surface area (Å²) in [6.07, 6.45) is 0.408. The molecule has 4 heteroatoms. The number of carbonyl (C=O) groups is 2. The van der Waals surface area contributed by atoms with Crippen LogP contribution >= 0.6 is 0 Å². The Hall–Kier alpha value is -2.98. The normalized spacial score (nSPS) is 11.0. The number of carbonyl (C=O) groups excluding carboxylic acids is 2. The third kappa shape index (κ3) is 5.27. The molecule has 0 unspecified atom stereocenters. The summed E-state index contributed by atoms with van der Waals surface area (Å²) < 4.78 is 0. The Balaban J connectivity index is 1.53. The first-order valence-electron chi connectivity index (χ1n) is 9.53. The van der Waals surface area contributed by atoms with Crippen LogP contribution < -0.4 is 5.32 Å². The zero-order valence-electron chi connectivity index (χ0n) is 16.4. The molecule has 0 heterocycles. The van der Waals surface area contributed by atoms with E-state index in [1.807, 2.05) is 74.8 Å². The molecule has 0 atom stereocenters. The van der Waals surface area contributed by atoms with Crippen molar-refractivity contribution in [1.82, 2.24) is 10.2 Å². The fourth-order valence-electron chi connectivity index (χ4n) is 3.24. The predicted molar refractivity (Wildman–Crippen MR) is 113 cm³/mol. The number of Topliss-reactive ketones (excluding diaryl/α,β-unsaturated/α-hetero) is 1. The van der Waals surface area contributed by atoms with Gasteiger partial charge in [0.2, 0.25) is 5.91 Å². The Morgan fingerprint density at radius 2 is 1.50 bits per heavy atom. The van der Waals surface area contributed by atoms with Crippen molar-refractivity contribution in [3.05, 3.63) is 83.4 Å². The number of hydrogen-bond acceptors (Lipinski definition) is 3. The van der Waals surface area contributed by atoms with Crippen molar-refractivity contribution in [2.75, 3.05) is 14.1 Å². The minimum absolute atomic E-state index is 0.00564. The monoisotopic (exact) mass is 374 g/mol. The summed E-state index contributed by atoms with van der Waals surface area (Å²) in [7, 11) is 4.04. The number of fused-ring (bicyclic) bond motifs is 1. The van der Waals surface area contributed by atoms with Gasteiger partial charge in [-0.05, 0) is 42.1 Å². The highest BCUT2D eigenvalue weighted by atomic mass is 16.2. The molecule has 144 valence electrons. The molecule has 0 aliphatic heterocycles. The lowest BCUT2D eigenvalue weighted by Crippen LogP contribution is -2.24. The molecule has 0 aliphatic carbocycles. The SMILES string of the molecule is CN(C)Cc1ccccc1CNC(=O)CCC(=O)c1ccc2ccccc2c1. The molecule has 0 fully saturated rings. The highest BCUT2D eigenvalue weighted by Gasteiger charge is 2.11. The second kappa shape index (κ2) is 9.29. The molecule has 0 aliphatic rings. The van der Waals surface area contributed by atoms with Crippen LogP contribution in [0.15, 0.2) is 66.7 Å². The minimum Gasteiger partial charge on any atom is -0.352 e. The average molecular weight is 374 g/mol. The molecule has 0 bridgehead atoms. The lowest BCUT2D eigenvalue weighted by Gasteiger charge is -2.14. The van der Waals surface area contributed by atoms with E-state index in [0.717, 1.165) is 22.9 Å². The van der Waals surface area contributed by atoms with Gasteiger partial charge in [0, 0.05) is 31.5 Å². The largest absolute Gasteiger partial charge is 0.352 e. The first-order valence-corrected chi connectivity index (χ1v) is 9.53. The van der Waals surface area contributed by atoms with Gasteiger partial charge in [0.15, 0.2) is 5.78 Å². The van der Waals surface area contributed by atoms with E-state index in [1.165, 1.54) is 5.56 Å². The second-order valence-corrected chi connectivity index (χ2v) is 7.27. The maximum Gasteiger partial charge on any atom is 0.220 e. The molecule has 0 saturated heterocycles. The second-order valence-electron chi connectivity index (χ2n) is 7.27. The summed E-state index contributed by atoms with van der Waals surface area (Å²) in [6.45, 7) is 1.31. The number of benzene rings is 3. The van der Waals surface area contributed by atoms with Crippen LogP contribution in [0.4, 0.5) is 0 Å². The highest BCUT2D eigenvalue weighted by molar-refractivity contribution is 6.01. The van der Waals surface area contributed by atoms with Crippen LogP contribution in [0.3, 0.4) is 0 Å². The van der Waals surface area contributed by atoms with Gasteiger partial charge in [-0.15, -0.1) is 0 Å². The summed E-state index contributed by atoms with van der Waals surface area (Å²) in [5.74, 6) is -0.109. The van der Waals surface area contributed by atoms with Gasteiger partial charge in [0.1, 0.15) is 0 Å². The van der Waals surface area contributed by atoms with Crippen molar-refractivity contribution in [2.24, 2.45) is 0 Å². The van der Waals surface area contributed by atoms with Crippen LogP contribution in [-0.4, -0.2) is 30.7 Å². The van der Waals surface area contributed by atoms with Gasteiger partial charge >= 0.3 is 0 Å². The topological polar surface area (TPSA) is 49.4 Å². The molecule has 0 aromatic heterocycles. The van der Waals surface area contributed by atoms with E-state index in [-0.39, 0.29) is 24.5 Å². The van der Waals surface area contributed by atoms with E-state index < -0.39 is 0 Å². The molecule has 1 amide bonds. The zero-order valence-corrected chi connectivity index (χ0v) is 16.4. The van der Waals surface area contributed by atoms with Gasteiger partial charge in [0.25, 0.3) is 0 Å². The number of nitrogens with zero attached hydrogens (tertiary/aromatic N) is 1. The van der Waals surface area contributed by atoms with Crippen LogP contribution in [0.2, 0.25) is 0 Å². The van der Waals surface area contributed by atoms with E-state index in [4.69, 9.17) is 0 Å². The molecule has 0 radical (unpaired) electrons. The van der Waals surface area contributed by atoms with Crippen LogP contribution in [0.5, 0.6) is 0 Å². The third-order valence-electron chi connectivity index (χ3n) is 4.73. The zero-order chi connectivity index (χ0) is 19.9. The van der Waals surface area contributed by atoms with Crippen LogP contribution in [0, 0.1) is 0 Å². The Bertz CT molecular complexity index is 979. The summed E-state index contributed by atoms with van der Waals surface area (Å²) >= 11 is 0. The van der Waals surface area contributed by atoms with E-state index in [2.05, 4.69) is 16.3 Å². The Kier molecular flexibility index (Phi) is 6.56. The Labute approximate surface area is 166 Å². The van der Waals surface area contributed by atoms with Crippen molar-refractivity contribution < 1.29 is 9.59 Å². The summed E-state index contributed by atoms with van der Waals surface area (Å²) in [5.41, 5.74) is 2.95. The quantitative estimate of drug-likeness (QED) is 0.602. The van der Waals surface area contributed by atoms with Gasteiger partial charge in [-0.1, -0.05) is 60.7 Å². The highest BCUT2D eigenvalue weighted by Crippen LogP contribution is 2.17. The fourth-order valence-corrected chi connectivity index (χ4v) is 3.24. The van der Waals surface area contributed by atoms with Crippen molar-refractivity contribution in [2.45, 2.75) is 25.9 Å². The first-order chi connectivity index (χ1) is 13.5. The number of rotatable bonds is 8. The van der Waals surface area contributed by atoms with Crippen LogP contribution in [0.1, 0.15) is 34.3 Å². The van der Waals surface area contributed by atoms with E-state index in [9.17, 15) is 9.59 Å². The first kappa shape index (κ1) is 19.8. The Morgan fingerprint density at radius 1 is 0.821 bits per heavy atom. The molecule has 4 nitrogen and oxygen atoms in total. The predicted octanol–water partition coefficient (Wildman–Crippen LogP) is 4.18. The fraction of sp³-hybridized carbons (Fsp3) is 0.250. The van der Waals surface area contributed by atoms with Gasteiger partial charge < -0.3 is 10.2 Å². The van der Waals surface area contributed by atoms with Crippen molar-refractivity contribution in [1.29, 1.82) is 0 Å². The lowest BCUT2D eigenvalue weighted by molar-refractivity contribution is -0.121. The Morgan fingerprint density at radius 3 is 2.25 bits per heavy atom. The number of nitrogens with one attached hydrogen (secondary N) is 1. The van der Waals surface area contributed by atoms with Crippen molar-refractivity contribution >= 4 is 22.5 Å². The van der Waals surface area contributed by atoms with E-state index in [1.54, 1.807) is 0 Å². The molecule has 0 saturated carbocycles. The molecule has 3 rings (SSSR count). The maximum absolute atomic E-state index is 12.5. The molecule has 3 aromatic carbocycles. The van der Waals surface area contributed by atoms with Gasteiger partial charge in [-0.25, -0.2) is 0 Å². The van der Waals surface area contributed by atoms with E-state index in [0.29, 0.717) is 12.1 Å². The molecule has 0 spiro atoms. The van der Waals surface area contributed by atoms with E-state index >= 15 is 0 Å². The van der Waals surface area contributed by atoms with Crippen LogP contribution in [-0.2, 0) is 17.9 Å². The van der Waals surface area contributed by atoms with Crippen molar-refractivity contribution in [3.8, 4) is 0 Å². The van der Waals surface area contributed by atoms with Crippen LogP contribution in [0.25, 0.3) is 10.8 Å². The number of amides is 1. The van der Waals surface area contributed by atoms with Gasteiger partial charge in [-0.2, -0.15) is 0 Å². The van der Waals surface area contributed by atoms with Gasteiger partial charge in [-0.3, -0.25) is 9.59 Å². The molecular weight excluding hydrogens is 348 g/mol. The lowest BCUT2D eigenvalue weighted by atomic mass is 10.0. The smallest absolute Gasteiger partial charge is 0.220 e. The summed E-state index contributed by atoms with van der Waals surface area (Å²) in [4.78, 5) is 26.8. The molecular formula is C24H26N2O2.